The molecule has 13 heteroatoms. The number of hydrogen-bond donors (Lipinski definition) is 0. The Balaban J connectivity index is -0.000000384. The van der Waals surface area contributed by atoms with Crippen molar-refractivity contribution in [2.75, 3.05) is 0 Å². The predicted octanol–water partition coefficient (Wildman–Crippen LogP) is -6.90. The average Bonchev–Trinajstić information content (AvgIpc) is 2.55. The summed E-state index contributed by atoms with van der Waals surface area (Å²) in [4.78, 5) is 39.5. The van der Waals surface area contributed by atoms with Crippen LogP contribution in [0, 0.1) is 20.2 Å². The van der Waals surface area contributed by atoms with E-state index >= 15 is 0 Å². The number of non-ortho nitro benzene ring substituents is 2. The minimum absolute atomic E-state index is 0. The van der Waals surface area contributed by atoms with E-state index in [1.807, 2.05) is 0 Å². The van der Waals surface area contributed by atoms with Crippen molar-refractivity contribution in [3.05, 3.63) is 79.9 Å². The molecule has 0 saturated carbocycles. The van der Waals surface area contributed by atoms with Crippen LogP contribution in [0.5, 0.6) is 0 Å². The third-order valence-electron chi connectivity index (χ3n) is 2.59. The molecule has 0 radical (unpaired) electrons. The van der Waals surface area contributed by atoms with Crippen molar-refractivity contribution in [2.45, 2.75) is 0 Å². The summed E-state index contributed by atoms with van der Waals surface area (Å²) < 4.78 is 0. The quantitative estimate of drug-likeness (QED) is 0.276. The molecule has 11 nitrogen and oxygen atoms in total. The zero-order valence-electron chi connectivity index (χ0n) is 14.3. The first kappa shape index (κ1) is 29.9. The van der Waals surface area contributed by atoms with Crippen LogP contribution in [0.25, 0.3) is 0 Å². The molecule has 0 aliphatic rings. The zero-order valence-corrected chi connectivity index (χ0v) is 18.3. The standard InChI is InChI=1S/2C7H5NO4.2Na.H2O/c2*9-7(10)5-2-1-3-6(4-5)8(11)12;;;/h2*1-4H,(H,9,10);;;1H2/q;;2*+1;/p-2. The SMILES string of the molecule is O.O=C([O-])c1cccc([N+](=O)[O-])c1.O=C([O-])c1cccc([N+](=O)[O-])c1.[Na+].[Na+]. The van der Waals surface area contributed by atoms with Gasteiger partial charge in [0.25, 0.3) is 11.4 Å². The summed E-state index contributed by atoms with van der Waals surface area (Å²) >= 11 is 0. The number of carbonyl (C=O) groups is 2. The molecule has 0 aliphatic carbocycles. The van der Waals surface area contributed by atoms with Gasteiger partial charge in [-0.25, -0.2) is 0 Å². The number of nitro groups is 2. The van der Waals surface area contributed by atoms with Gasteiger partial charge in [-0.05, 0) is 0 Å². The second-order valence-electron chi connectivity index (χ2n) is 4.19. The van der Waals surface area contributed by atoms with Crippen LogP contribution in [-0.4, -0.2) is 27.3 Å². The summed E-state index contributed by atoms with van der Waals surface area (Å²) in [6, 6.07) is 9.40. The van der Waals surface area contributed by atoms with E-state index in [0.29, 0.717) is 0 Å². The second kappa shape index (κ2) is 14.2. The van der Waals surface area contributed by atoms with Crippen molar-refractivity contribution in [1.29, 1.82) is 0 Å². The Morgan fingerprint density at radius 3 is 1.22 bits per heavy atom. The number of aromatic carboxylic acids is 2. The zero-order chi connectivity index (χ0) is 18.3. The van der Waals surface area contributed by atoms with Crippen molar-refractivity contribution in [3.63, 3.8) is 0 Å². The van der Waals surface area contributed by atoms with Gasteiger partial charge in [0.15, 0.2) is 0 Å². The Kier molecular flexibility index (Phi) is 15.8. The van der Waals surface area contributed by atoms with Crippen molar-refractivity contribution in [3.8, 4) is 0 Å². The van der Waals surface area contributed by atoms with Gasteiger partial charge < -0.3 is 25.3 Å². The number of rotatable bonds is 4. The van der Waals surface area contributed by atoms with Crippen LogP contribution in [0.4, 0.5) is 11.4 Å². The molecule has 27 heavy (non-hydrogen) atoms. The summed E-state index contributed by atoms with van der Waals surface area (Å²) in [6.07, 6.45) is 0. The summed E-state index contributed by atoms with van der Waals surface area (Å²) in [5, 5.41) is 40.8. The number of benzene rings is 2. The van der Waals surface area contributed by atoms with E-state index in [-0.39, 0.29) is 87.1 Å². The monoisotopic (exact) mass is 396 g/mol. The van der Waals surface area contributed by atoms with Crippen LogP contribution in [0.3, 0.4) is 0 Å². The van der Waals surface area contributed by atoms with Crippen molar-refractivity contribution in [2.24, 2.45) is 0 Å². The first-order chi connectivity index (χ1) is 11.2. The fraction of sp³-hybridized carbons (Fsp3) is 0. The van der Waals surface area contributed by atoms with E-state index in [1.165, 1.54) is 36.4 Å². The van der Waals surface area contributed by atoms with Gasteiger partial charge >= 0.3 is 59.1 Å². The maximum atomic E-state index is 10.2. The number of carbonyl (C=O) groups excluding carboxylic acids is 2. The molecule has 0 atom stereocenters. The maximum absolute atomic E-state index is 10.2. The number of carboxylic acid groups (broad SMARTS) is 2. The number of nitrogens with zero attached hydrogens (tertiary/aromatic N) is 2. The smallest absolute Gasteiger partial charge is 0.545 e. The molecule has 2 aromatic carbocycles. The van der Waals surface area contributed by atoms with E-state index in [4.69, 9.17) is 0 Å². The molecule has 0 bridgehead atoms. The number of nitro benzene ring substituents is 2. The number of hydrogen-bond acceptors (Lipinski definition) is 8. The minimum Gasteiger partial charge on any atom is -0.545 e. The van der Waals surface area contributed by atoms with Crippen LogP contribution in [0.1, 0.15) is 20.7 Å². The summed E-state index contributed by atoms with van der Waals surface area (Å²) in [5.41, 5.74) is -0.887. The summed E-state index contributed by atoms with van der Waals surface area (Å²) in [6.45, 7) is 0. The van der Waals surface area contributed by atoms with Crippen molar-refractivity contribution >= 4 is 23.3 Å². The third kappa shape index (κ3) is 10.2. The van der Waals surface area contributed by atoms with Gasteiger partial charge in [-0.15, -0.1) is 0 Å². The van der Waals surface area contributed by atoms with Crippen LogP contribution in [0.2, 0.25) is 0 Å². The molecule has 2 N–H and O–H groups in total. The molecule has 2 aromatic rings. The predicted molar refractivity (Wildman–Crippen MR) is 78.5 cm³/mol. The molecule has 0 saturated heterocycles. The summed E-state index contributed by atoms with van der Waals surface area (Å²) in [5.74, 6) is -2.84. The first-order valence-electron chi connectivity index (χ1n) is 6.14. The van der Waals surface area contributed by atoms with Crippen molar-refractivity contribution < 1.29 is 94.2 Å². The Morgan fingerprint density at radius 1 is 0.704 bits per heavy atom. The minimum atomic E-state index is -1.42. The maximum Gasteiger partial charge on any atom is 1.00 e. The largest absolute Gasteiger partial charge is 1.00 e. The molecule has 0 spiro atoms. The van der Waals surface area contributed by atoms with Crippen LogP contribution < -0.4 is 69.3 Å². The Hall–Kier alpha value is -1.86. The van der Waals surface area contributed by atoms with Gasteiger partial charge in [0, 0.05) is 35.4 Å². The van der Waals surface area contributed by atoms with E-state index in [9.17, 15) is 40.0 Å². The Bertz CT molecular complexity index is 689. The molecular formula is C14H10N2Na2O9. The Morgan fingerprint density at radius 2 is 1.00 bits per heavy atom. The Labute approximate surface area is 196 Å². The van der Waals surface area contributed by atoms with E-state index in [1.54, 1.807) is 0 Å². The van der Waals surface area contributed by atoms with E-state index in [2.05, 4.69) is 0 Å². The first-order valence-corrected chi connectivity index (χ1v) is 6.14. The molecule has 0 heterocycles. The third-order valence-corrected chi connectivity index (χ3v) is 2.59. The van der Waals surface area contributed by atoms with Gasteiger partial charge in [0.05, 0.1) is 21.8 Å². The van der Waals surface area contributed by atoms with Gasteiger partial charge in [0.1, 0.15) is 0 Å². The fourth-order valence-corrected chi connectivity index (χ4v) is 1.49. The molecule has 0 unspecified atom stereocenters. The van der Waals surface area contributed by atoms with Crippen molar-refractivity contribution in [1.82, 2.24) is 0 Å². The molecule has 0 fully saturated rings. The topological polar surface area (TPSA) is 198 Å². The molecule has 0 amide bonds. The summed E-state index contributed by atoms with van der Waals surface area (Å²) in [7, 11) is 0. The fourth-order valence-electron chi connectivity index (χ4n) is 1.49. The molecule has 132 valence electrons. The van der Waals surface area contributed by atoms with Gasteiger partial charge in [-0.1, -0.05) is 24.3 Å². The second-order valence-corrected chi connectivity index (χ2v) is 4.19. The van der Waals surface area contributed by atoms with Gasteiger partial charge in [0.2, 0.25) is 0 Å². The van der Waals surface area contributed by atoms with Crippen LogP contribution >= 0.6 is 0 Å². The molecule has 0 aliphatic heterocycles. The van der Waals surface area contributed by atoms with E-state index < -0.39 is 21.8 Å². The normalized spacial score (nSPS) is 8.30. The van der Waals surface area contributed by atoms with E-state index in [0.717, 1.165) is 12.1 Å². The van der Waals surface area contributed by atoms with Gasteiger partial charge in [-0.2, -0.15) is 0 Å². The molecular weight excluding hydrogens is 386 g/mol. The van der Waals surface area contributed by atoms with Gasteiger partial charge in [-0.3, -0.25) is 20.2 Å². The van der Waals surface area contributed by atoms with Crippen LogP contribution in [-0.2, 0) is 0 Å². The average molecular weight is 396 g/mol. The molecule has 2 rings (SSSR count). The van der Waals surface area contributed by atoms with Crippen LogP contribution in [0.15, 0.2) is 48.5 Å². The molecule has 0 aromatic heterocycles. The number of carboxylic acids is 2.